The van der Waals surface area contributed by atoms with Crippen LogP contribution < -0.4 is 10.9 Å². The summed E-state index contributed by atoms with van der Waals surface area (Å²) in [5.41, 5.74) is 1.11. The van der Waals surface area contributed by atoms with E-state index in [0.29, 0.717) is 42.7 Å². The molecule has 0 unspecified atom stereocenters. The van der Waals surface area contributed by atoms with Crippen molar-refractivity contribution in [3.63, 3.8) is 0 Å². The molecule has 0 aliphatic carbocycles. The highest BCUT2D eigenvalue weighted by Crippen LogP contribution is 2.32. The average molecular weight is 612 g/mol. The molecular formula is C30H29ClF3N7O2. The van der Waals surface area contributed by atoms with Gasteiger partial charge in [-0.2, -0.15) is 13.2 Å². The molecule has 0 saturated carbocycles. The number of fused-ring (bicyclic) bond motifs is 2. The molecule has 2 aromatic carbocycles. The van der Waals surface area contributed by atoms with Crippen molar-refractivity contribution in [3.05, 3.63) is 93.3 Å². The summed E-state index contributed by atoms with van der Waals surface area (Å²) in [6.45, 7) is 1.87. The Hall–Kier alpha value is -4.32. The van der Waals surface area contributed by atoms with Gasteiger partial charge in [0.05, 0.1) is 29.9 Å². The van der Waals surface area contributed by atoms with E-state index in [2.05, 4.69) is 20.6 Å². The van der Waals surface area contributed by atoms with Crippen LogP contribution in [0.3, 0.4) is 0 Å². The molecule has 4 aromatic rings. The first kappa shape index (κ1) is 30.1. The van der Waals surface area contributed by atoms with Crippen LogP contribution in [0.4, 0.5) is 13.2 Å². The Morgan fingerprint density at radius 3 is 2.67 bits per heavy atom. The van der Waals surface area contributed by atoms with Gasteiger partial charge in [0.2, 0.25) is 5.91 Å². The number of carbonyl (C=O) groups is 1. The number of nitrogens with one attached hydrogen (secondary N) is 2. The van der Waals surface area contributed by atoms with E-state index < -0.39 is 11.9 Å². The van der Waals surface area contributed by atoms with Crippen molar-refractivity contribution in [3.8, 4) is 16.9 Å². The Labute approximate surface area is 250 Å². The zero-order valence-corrected chi connectivity index (χ0v) is 23.9. The van der Waals surface area contributed by atoms with Gasteiger partial charge in [0.15, 0.2) is 5.69 Å². The molecule has 43 heavy (non-hydrogen) atoms. The van der Waals surface area contributed by atoms with E-state index in [1.165, 1.54) is 41.4 Å². The molecule has 13 heteroatoms. The monoisotopic (exact) mass is 611 g/mol. The zero-order chi connectivity index (χ0) is 30.7. The third-order valence-electron chi connectivity index (χ3n) is 7.57. The maximum absolute atomic E-state index is 13.6. The lowest BCUT2D eigenvalue weighted by Gasteiger charge is -2.25. The molecule has 1 amide bonds. The second-order valence-electron chi connectivity index (χ2n) is 10.7. The number of hydrogen-bond acceptors (Lipinski definition) is 6. The number of carbonyl (C=O) groups excluding carboxylic acids is 1. The highest BCUT2D eigenvalue weighted by atomic mass is 35.5. The van der Waals surface area contributed by atoms with Crippen molar-refractivity contribution >= 4 is 23.7 Å². The smallest absolute Gasteiger partial charge is 0.352 e. The number of amides is 1. The Kier molecular flexibility index (Phi) is 8.77. The summed E-state index contributed by atoms with van der Waals surface area (Å²) in [7, 11) is 0. The van der Waals surface area contributed by atoms with Crippen LogP contribution in [0.25, 0.3) is 16.9 Å². The minimum Gasteiger partial charge on any atom is -0.352 e. The van der Waals surface area contributed by atoms with Crippen molar-refractivity contribution in [2.24, 2.45) is 5.92 Å². The lowest BCUT2D eigenvalue weighted by molar-refractivity contribution is -0.141. The highest BCUT2D eigenvalue weighted by molar-refractivity contribution is 6.31. The average Bonchev–Trinajstić information content (AvgIpc) is 3.46. The van der Waals surface area contributed by atoms with Gasteiger partial charge in [-0.3, -0.25) is 14.2 Å². The molecule has 224 valence electrons. The number of benzene rings is 2. The van der Waals surface area contributed by atoms with E-state index >= 15 is 0 Å². The molecule has 1 aliphatic heterocycles. The van der Waals surface area contributed by atoms with E-state index in [9.17, 15) is 22.8 Å². The van der Waals surface area contributed by atoms with Crippen molar-refractivity contribution in [2.75, 3.05) is 0 Å². The summed E-state index contributed by atoms with van der Waals surface area (Å²) in [4.78, 5) is 30.9. The van der Waals surface area contributed by atoms with E-state index in [1.807, 2.05) is 31.2 Å². The predicted molar refractivity (Wildman–Crippen MR) is 155 cm³/mol. The van der Waals surface area contributed by atoms with E-state index in [1.54, 1.807) is 0 Å². The Morgan fingerprint density at radius 2 is 1.95 bits per heavy atom. The summed E-state index contributed by atoms with van der Waals surface area (Å²) < 4.78 is 42.0. The first-order chi connectivity index (χ1) is 20.5. The fourth-order valence-corrected chi connectivity index (χ4v) is 5.49. The molecule has 2 bridgehead atoms. The maximum Gasteiger partial charge on any atom is 0.436 e. The normalized spacial score (nSPS) is 19.7. The molecule has 0 fully saturated rings. The van der Waals surface area contributed by atoms with Crippen LogP contribution in [0.2, 0.25) is 5.02 Å². The Bertz CT molecular complexity index is 1700. The van der Waals surface area contributed by atoms with Crippen LogP contribution in [0.5, 0.6) is 0 Å². The molecule has 9 nitrogen and oxygen atoms in total. The summed E-state index contributed by atoms with van der Waals surface area (Å²) >= 11 is 6.22. The van der Waals surface area contributed by atoms with E-state index in [-0.39, 0.29) is 40.8 Å². The van der Waals surface area contributed by atoms with Gasteiger partial charge in [-0.25, -0.2) is 9.67 Å². The fourth-order valence-electron chi connectivity index (χ4n) is 5.32. The second kappa shape index (κ2) is 12.5. The number of rotatable bonds is 5. The summed E-state index contributed by atoms with van der Waals surface area (Å²) in [5, 5.41) is 17.8. The molecule has 1 aliphatic rings. The number of halogens is 4. The predicted octanol–water partition coefficient (Wildman–Crippen LogP) is 5.64. The Morgan fingerprint density at radius 1 is 1.14 bits per heavy atom. The first-order valence-electron chi connectivity index (χ1n) is 13.8. The molecule has 0 saturated heterocycles. The second-order valence-corrected chi connectivity index (χ2v) is 11.1. The van der Waals surface area contributed by atoms with Crippen LogP contribution in [0.15, 0.2) is 65.8 Å². The molecule has 2 aromatic heterocycles. The van der Waals surface area contributed by atoms with Crippen LogP contribution in [-0.2, 0) is 17.4 Å². The number of alkyl halides is 3. The van der Waals surface area contributed by atoms with Gasteiger partial charge in [-0.05, 0) is 54.8 Å². The summed E-state index contributed by atoms with van der Waals surface area (Å²) in [5.74, 6) is -0.296. The third kappa shape index (κ3) is 6.85. The van der Waals surface area contributed by atoms with Gasteiger partial charge in [-0.15, -0.1) is 5.10 Å². The third-order valence-corrected chi connectivity index (χ3v) is 7.80. The molecule has 0 radical (unpaired) electrons. The molecular weight excluding hydrogens is 583 g/mol. The van der Waals surface area contributed by atoms with Gasteiger partial charge in [0, 0.05) is 35.0 Å². The van der Waals surface area contributed by atoms with Gasteiger partial charge in [-0.1, -0.05) is 54.4 Å². The summed E-state index contributed by atoms with van der Waals surface area (Å²) in [6, 6.07) is 13.1. The van der Waals surface area contributed by atoms with E-state index in [4.69, 9.17) is 17.0 Å². The molecule has 3 atom stereocenters. The Balaban J connectivity index is 1.53. The largest absolute Gasteiger partial charge is 0.436 e. The van der Waals surface area contributed by atoms with Crippen molar-refractivity contribution in [1.82, 2.24) is 29.9 Å². The molecule has 5 rings (SSSR count). The fraction of sp³-hybridized carbons (Fsp3) is 0.333. The number of hydrogen-bond donors (Lipinski definition) is 2. The van der Waals surface area contributed by atoms with Crippen LogP contribution >= 0.6 is 11.6 Å². The quantitative estimate of drug-likeness (QED) is 0.283. The lowest BCUT2D eigenvalue weighted by atomic mass is 9.92. The molecule has 0 spiro atoms. The van der Waals surface area contributed by atoms with Gasteiger partial charge < -0.3 is 10.7 Å². The van der Waals surface area contributed by atoms with Crippen LogP contribution in [0, 0.1) is 11.3 Å². The minimum atomic E-state index is -4.67. The standard InChI is InChI=1S/C30H29ClF3N7O2/c1-18-4-2-7-25(20-6-3-5-19(12-20)13-22(10-11-35)37-29(18)43)40-17-36-24(15-28(40)42)23-14-21(31)8-9-26(23)41-16-27(38-39-41)30(32,33)34/h3,5-6,8-9,11-12,14-18,22,25,35H,2,4,7,10,13H2,1H3,(H,37,43)/t18-,22+,25+/m1/s1. The van der Waals surface area contributed by atoms with Crippen LogP contribution in [-0.4, -0.2) is 42.7 Å². The molecule has 2 N–H and O–H groups in total. The van der Waals surface area contributed by atoms with Gasteiger partial charge >= 0.3 is 6.18 Å². The molecule has 3 heterocycles. The SMILES string of the molecule is C[C@@H]1CCC[C@H](n2cnc(-c3cc(Cl)ccc3-n3cc(C(F)(F)F)nn3)cc2=O)c2cccc(c2)C[C@H](CC=N)NC1=O. The maximum atomic E-state index is 13.6. The van der Waals surface area contributed by atoms with Crippen molar-refractivity contribution < 1.29 is 18.0 Å². The topological polar surface area (TPSA) is 119 Å². The summed E-state index contributed by atoms with van der Waals surface area (Å²) in [6.07, 6.45) is 1.63. The minimum absolute atomic E-state index is 0.0598. The van der Waals surface area contributed by atoms with Gasteiger partial charge in [0.25, 0.3) is 5.56 Å². The lowest BCUT2D eigenvalue weighted by Crippen LogP contribution is -2.40. The zero-order valence-electron chi connectivity index (χ0n) is 23.2. The first-order valence-corrected chi connectivity index (χ1v) is 14.2. The van der Waals surface area contributed by atoms with E-state index in [0.717, 1.165) is 22.0 Å². The van der Waals surface area contributed by atoms with Crippen molar-refractivity contribution in [1.29, 1.82) is 5.41 Å². The van der Waals surface area contributed by atoms with Crippen LogP contribution in [0.1, 0.15) is 55.5 Å². The van der Waals surface area contributed by atoms with Gasteiger partial charge in [0.1, 0.15) is 0 Å². The number of nitrogens with zero attached hydrogens (tertiary/aromatic N) is 5. The van der Waals surface area contributed by atoms with Crippen molar-refractivity contribution in [2.45, 2.75) is 57.3 Å². The highest BCUT2D eigenvalue weighted by Gasteiger charge is 2.35. The number of aromatic nitrogens is 5.